The minimum atomic E-state index is 0.0436. The van der Waals surface area contributed by atoms with E-state index in [0.29, 0.717) is 0 Å². The van der Waals surface area contributed by atoms with E-state index in [1.807, 2.05) is 24.3 Å². The standard InChI is InChI=1S/C22H19ClN2/c23-19-13-11-17(12-14-19)21-15-20(16-7-3-1-4-8-16)24-22(25-21)18-9-5-2-6-10-18/h1-15,20,22,24-25H. The molecule has 1 aliphatic rings. The second-order valence-corrected chi connectivity index (χ2v) is 6.57. The highest BCUT2D eigenvalue weighted by atomic mass is 35.5. The third-order valence-corrected chi connectivity index (χ3v) is 4.68. The van der Waals surface area contributed by atoms with Crippen LogP contribution in [0.15, 0.2) is 91.0 Å². The fourth-order valence-electron chi connectivity index (χ4n) is 3.13. The second kappa shape index (κ2) is 7.14. The molecule has 0 saturated carbocycles. The largest absolute Gasteiger partial charge is 0.366 e. The number of rotatable bonds is 3. The summed E-state index contributed by atoms with van der Waals surface area (Å²) in [4.78, 5) is 0. The van der Waals surface area contributed by atoms with Crippen LogP contribution in [0.1, 0.15) is 28.9 Å². The zero-order chi connectivity index (χ0) is 17.1. The number of halogens is 1. The van der Waals surface area contributed by atoms with Crippen LogP contribution in [0.4, 0.5) is 0 Å². The summed E-state index contributed by atoms with van der Waals surface area (Å²) < 4.78 is 0. The minimum absolute atomic E-state index is 0.0436. The van der Waals surface area contributed by atoms with E-state index in [-0.39, 0.29) is 12.2 Å². The highest BCUT2D eigenvalue weighted by Crippen LogP contribution is 2.29. The summed E-state index contributed by atoms with van der Waals surface area (Å²) in [6, 6.07) is 29.0. The molecule has 0 aromatic heterocycles. The molecule has 124 valence electrons. The molecule has 3 aromatic rings. The first kappa shape index (κ1) is 15.9. The van der Waals surface area contributed by atoms with Crippen LogP contribution in [-0.4, -0.2) is 0 Å². The van der Waals surface area contributed by atoms with Crippen LogP contribution in [0.25, 0.3) is 5.70 Å². The van der Waals surface area contributed by atoms with Gasteiger partial charge in [0, 0.05) is 10.7 Å². The zero-order valence-electron chi connectivity index (χ0n) is 13.7. The average molecular weight is 347 g/mol. The monoisotopic (exact) mass is 346 g/mol. The molecule has 2 nitrogen and oxygen atoms in total. The van der Waals surface area contributed by atoms with Gasteiger partial charge in [0.25, 0.3) is 0 Å². The molecule has 3 heteroatoms. The fraction of sp³-hybridized carbons (Fsp3) is 0.0909. The summed E-state index contributed by atoms with van der Waals surface area (Å²) in [5, 5.41) is 8.04. The smallest absolute Gasteiger partial charge is 0.104 e. The SMILES string of the molecule is Clc1ccc(C2=CC(c3ccccc3)NC(c3ccccc3)N2)cc1. The summed E-state index contributed by atoms with van der Waals surface area (Å²) in [7, 11) is 0. The summed E-state index contributed by atoms with van der Waals surface area (Å²) in [6.07, 6.45) is 2.28. The van der Waals surface area contributed by atoms with E-state index in [9.17, 15) is 0 Å². The van der Waals surface area contributed by atoms with Crippen molar-refractivity contribution in [2.75, 3.05) is 0 Å². The summed E-state index contributed by atoms with van der Waals surface area (Å²) in [5.74, 6) is 0. The van der Waals surface area contributed by atoms with E-state index in [1.54, 1.807) is 0 Å². The Bertz CT molecular complexity index is 858. The van der Waals surface area contributed by atoms with Gasteiger partial charge in [-0.05, 0) is 34.9 Å². The average Bonchev–Trinajstić information content (AvgIpc) is 2.69. The lowest BCUT2D eigenvalue weighted by molar-refractivity contribution is 0.442. The lowest BCUT2D eigenvalue weighted by atomic mass is 9.98. The quantitative estimate of drug-likeness (QED) is 0.671. The molecular weight excluding hydrogens is 328 g/mol. The van der Waals surface area contributed by atoms with Gasteiger partial charge in [0.2, 0.25) is 0 Å². The Balaban J connectivity index is 1.73. The Morgan fingerprint density at radius 1 is 0.680 bits per heavy atom. The molecule has 2 atom stereocenters. The lowest BCUT2D eigenvalue weighted by Crippen LogP contribution is -2.39. The first-order valence-electron chi connectivity index (χ1n) is 8.40. The Kier molecular flexibility index (Phi) is 4.55. The Hall–Kier alpha value is -2.55. The van der Waals surface area contributed by atoms with Crippen LogP contribution < -0.4 is 10.6 Å². The van der Waals surface area contributed by atoms with Gasteiger partial charge >= 0.3 is 0 Å². The summed E-state index contributed by atoms with van der Waals surface area (Å²) >= 11 is 6.05. The van der Waals surface area contributed by atoms with Crippen LogP contribution in [0.5, 0.6) is 0 Å². The highest BCUT2D eigenvalue weighted by Gasteiger charge is 2.23. The predicted octanol–water partition coefficient (Wildman–Crippen LogP) is 5.31. The van der Waals surface area contributed by atoms with E-state index >= 15 is 0 Å². The van der Waals surface area contributed by atoms with Gasteiger partial charge in [-0.1, -0.05) is 84.4 Å². The molecule has 3 aromatic carbocycles. The van der Waals surface area contributed by atoms with Crippen molar-refractivity contribution in [2.24, 2.45) is 0 Å². The minimum Gasteiger partial charge on any atom is -0.366 e. The highest BCUT2D eigenvalue weighted by molar-refractivity contribution is 6.30. The van der Waals surface area contributed by atoms with Crippen molar-refractivity contribution in [1.29, 1.82) is 0 Å². The molecular formula is C22H19ClN2. The van der Waals surface area contributed by atoms with Gasteiger partial charge in [-0.3, -0.25) is 5.32 Å². The maximum absolute atomic E-state index is 6.05. The van der Waals surface area contributed by atoms with E-state index in [0.717, 1.165) is 16.3 Å². The van der Waals surface area contributed by atoms with Crippen LogP contribution in [0.3, 0.4) is 0 Å². The summed E-state index contributed by atoms with van der Waals surface area (Å²) in [6.45, 7) is 0. The van der Waals surface area contributed by atoms with Gasteiger partial charge in [-0.2, -0.15) is 0 Å². The Morgan fingerprint density at radius 2 is 1.28 bits per heavy atom. The van der Waals surface area contributed by atoms with Gasteiger partial charge in [0.1, 0.15) is 6.17 Å². The molecule has 1 aliphatic heterocycles. The first-order chi connectivity index (χ1) is 12.3. The third-order valence-electron chi connectivity index (χ3n) is 4.43. The second-order valence-electron chi connectivity index (χ2n) is 6.13. The molecule has 0 amide bonds. The van der Waals surface area contributed by atoms with Gasteiger partial charge in [-0.25, -0.2) is 0 Å². The lowest BCUT2D eigenvalue weighted by Gasteiger charge is -2.33. The Labute approximate surface area is 153 Å². The van der Waals surface area contributed by atoms with Gasteiger partial charge in [0.05, 0.1) is 6.04 Å². The van der Waals surface area contributed by atoms with E-state index in [1.165, 1.54) is 11.1 Å². The number of hydrogen-bond donors (Lipinski definition) is 2. The predicted molar refractivity (Wildman–Crippen MR) is 104 cm³/mol. The molecule has 0 fully saturated rings. The summed E-state index contributed by atoms with van der Waals surface area (Å²) in [5.41, 5.74) is 4.70. The van der Waals surface area contributed by atoms with Crippen LogP contribution in [0, 0.1) is 0 Å². The molecule has 0 spiro atoms. The molecule has 2 N–H and O–H groups in total. The van der Waals surface area contributed by atoms with E-state index in [4.69, 9.17) is 11.6 Å². The number of hydrogen-bond acceptors (Lipinski definition) is 2. The van der Waals surface area contributed by atoms with Crippen molar-refractivity contribution in [3.8, 4) is 0 Å². The first-order valence-corrected chi connectivity index (χ1v) is 8.78. The molecule has 2 unspecified atom stereocenters. The third kappa shape index (κ3) is 3.60. The number of nitrogens with one attached hydrogen (secondary N) is 2. The van der Waals surface area contributed by atoms with Crippen LogP contribution in [-0.2, 0) is 0 Å². The molecule has 25 heavy (non-hydrogen) atoms. The maximum Gasteiger partial charge on any atom is 0.104 e. The van der Waals surface area contributed by atoms with E-state index in [2.05, 4.69) is 77.4 Å². The van der Waals surface area contributed by atoms with Crippen molar-refractivity contribution in [3.63, 3.8) is 0 Å². The molecule has 0 aliphatic carbocycles. The van der Waals surface area contributed by atoms with Crippen molar-refractivity contribution >= 4 is 17.3 Å². The Morgan fingerprint density at radius 3 is 1.92 bits per heavy atom. The van der Waals surface area contributed by atoms with Crippen molar-refractivity contribution < 1.29 is 0 Å². The molecule has 0 radical (unpaired) electrons. The van der Waals surface area contributed by atoms with Crippen molar-refractivity contribution in [1.82, 2.24) is 10.6 Å². The molecule has 1 heterocycles. The normalized spacial score (nSPS) is 19.8. The van der Waals surface area contributed by atoms with Crippen LogP contribution >= 0.6 is 11.6 Å². The van der Waals surface area contributed by atoms with E-state index < -0.39 is 0 Å². The molecule has 4 rings (SSSR count). The maximum atomic E-state index is 6.05. The molecule has 0 saturated heterocycles. The van der Waals surface area contributed by atoms with Crippen LogP contribution in [0.2, 0.25) is 5.02 Å². The fourth-order valence-corrected chi connectivity index (χ4v) is 3.25. The van der Waals surface area contributed by atoms with Crippen molar-refractivity contribution in [2.45, 2.75) is 12.2 Å². The topological polar surface area (TPSA) is 24.1 Å². The van der Waals surface area contributed by atoms with Crippen molar-refractivity contribution in [3.05, 3.63) is 113 Å². The zero-order valence-corrected chi connectivity index (χ0v) is 14.4. The van der Waals surface area contributed by atoms with Gasteiger partial charge in [-0.15, -0.1) is 0 Å². The van der Waals surface area contributed by atoms with Gasteiger partial charge < -0.3 is 5.32 Å². The van der Waals surface area contributed by atoms with Gasteiger partial charge in [0.15, 0.2) is 0 Å². The molecule has 0 bridgehead atoms. The number of benzene rings is 3.